The zero-order valence-corrected chi connectivity index (χ0v) is 10.2. The summed E-state index contributed by atoms with van der Waals surface area (Å²) in [5.41, 5.74) is 0.877. The molecule has 1 aliphatic rings. The molecule has 2 heterocycles. The van der Waals surface area contributed by atoms with Crippen LogP contribution in [-0.4, -0.2) is 23.9 Å². The SMILES string of the molecule is CC(=O)c1sc(N2CCC(C)C2)nc1C. The molecule has 1 fully saturated rings. The maximum Gasteiger partial charge on any atom is 0.186 e. The predicted molar refractivity (Wildman–Crippen MR) is 62.8 cm³/mol. The van der Waals surface area contributed by atoms with Crippen LogP contribution in [0.1, 0.15) is 35.6 Å². The summed E-state index contributed by atoms with van der Waals surface area (Å²) >= 11 is 1.53. The van der Waals surface area contributed by atoms with Crippen molar-refractivity contribution in [3.8, 4) is 0 Å². The van der Waals surface area contributed by atoms with Crippen LogP contribution >= 0.6 is 11.3 Å². The van der Waals surface area contributed by atoms with Crippen molar-refractivity contribution in [1.82, 2.24) is 4.98 Å². The van der Waals surface area contributed by atoms with Crippen molar-refractivity contribution in [3.63, 3.8) is 0 Å². The third-order valence-corrected chi connectivity index (χ3v) is 4.12. The number of ketones is 1. The van der Waals surface area contributed by atoms with Gasteiger partial charge >= 0.3 is 0 Å². The second kappa shape index (κ2) is 3.93. The van der Waals surface area contributed by atoms with Gasteiger partial charge in [-0.3, -0.25) is 4.79 Å². The van der Waals surface area contributed by atoms with E-state index in [9.17, 15) is 4.79 Å². The molecule has 82 valence electrons. The fraction of sp³-hybridized carbons (Fsp3) is 0.636. The normalized spacial score (nSPS) is 21.0. The number of Topliss-reactive ketones (excluding diaryl/α,β-unsaturated/α-hetero) is 1. The van der Waals surface area contributed by atoms with E-state index in [0.717, 1.165) is 34.7 Å². The molecule has 0 saturated carbocycles. The van der Waals surface area contributed by atoms with Crippen LogP contribution in [0.25, 0.3) is 0 Å². The summed E-state index contributed by atoms with van der Waals surface area (Å²) in [6.07, 6.45) is 1.23. The highest BCUT2D eigenvalue weighted by Crippen LogP contribution is 2.30. The molecule has 1 aromatic rings. The zero-order chi connectivity index (χ0) is 11.0. The van der Waals surface area contributed by atoms with Gasteiger partial charge in [0.1, 0.15) is 0 Å². The van der Waals surface area contributed by atoms with Crippen LogP contribution in [-0.2, 0) is 0 Å². The van der Waals surface area contributed by atoms with Gasteiger partial charge in [0, 0.05) is 20.0 Å². The van der Waals surface area contributed by atoms with Gasteiger partial charge < -0.3 is 4.90 Å². The molecule has 15 heavy (non-hydrogen) atoms. The lowest BCUT2D eigenvalue weighted by molar-refractivity contribution is 0.102. The second-order valence-corrected chi connectivity index (χ2v) is 5.28. The Kier molecular flexibility index (Phi) is 2.78. The topological polar surface area (TPSA) is 33.2 Å². The quantitative estimate of drug-likeness (QED) is 0.724. The molecule has 0 bridgehead atoms. The number of carbonyl (C=O) groups is 1. The number of thiazole rings is 1. The van der Waals surface area contributed by atoms with E-state index in [1.54, 1.807) is 6.92 Å². The zero-order valence-electron chi connectivity index (χ0n) is 9.41. The number of hydrogen-bond acceptors (Lipinski definition) is 4. The molecule has 1 aromatic heterocycles. The molecule has 2 rings (SSSR count). The van der Waals surface area contributed by atoms with Gasteiger partial charge in [-0.05, 0) is 19.3 Å². The number of nitrogens with zero attached hydrogens (tertiary/aromatic N) is 2. The minimum atomic E-state index is 0.128. The lowest BCUT2D eigenvalue weighted by atomic mass is 10.2. The third kappa shape index (κ3) is 2.04. The molecule has 0 spiro atoms. The van der Waals surface area contributed by atoms with Gasteiger partial charge in [-0.1, -0.05) is 18.3 Å². The van der Waals surface area contributed by atoms with Gasteiger partial charge in [-0.2, -0.15) is 0 Å². The molecular formula is C11H16N2OS. The van der Waals surface area contributed by atoms with Gasteiger partial charge in [0.15, 0.2) is 10.9 Å². The third-order valence-electron chi connectivity index (χ3n) is 2.80. The van der Waals surface area contributed by atoms with Crippen LogP contribution in [0.3, 0.4) is 0 Å². The van der Waals surface area contributed by atoms with E-state index in [1.807, 2.05) is 6.92 Å². The average Bonchev–Trinajstić information content (AvgIpc) is 2.71. The van der Waals surface area contributed by atoms with Crippen LogP contribution in [0.5, 0.6) is 0 Å². The largest absolute Gasteiger partial charge is 0.348 e. The molecular weight excluding hydrogens is 208 g/mol. The Morgan fingerprint density at radius 3 is 2.80 bits per heavy atom. The van der Waals surface area contributed by atoms with Crippen molar-refractivity contribution >= 4 is 22.3 Å². The van der Waals surface area contributed by atoms with Gasteiger partial charge in [0.25, 0.3) is 0 Å². The summed E-state index contributed by atoms with van der Waals surface area (Å²) in [6, 6.07) is 0. The summed E-state index contributed by atoms with van der Waals surface area (Å²) < 4.78 is 0. The molecule has 1 saturated heterocycles. The maximum absolute atomic E-state index is 11.3. The Labute approximate surface area is 94.1 Å². The Hall–Kier alpha value is -0.900. The predicted octanol–water partition coefficient (Wildman–Crippen LogP) is 2.50. The molecule has 4 heteroatoms. The van der Waals surface area contributed by atoms with Crippen molar-refractivity contribution in [2.45, 2.75) is 27.2 Å². The van der Waals surface area contributed by atoms with E-state index in [1.165, 1.54) is 17.8 Å². The Bertz CT molecular complexity index is 386. The number of rotatable bonds is 2. The fourth-order valence-corrected chi connectivity index (χ4v) is 2.95. The summed E-state index contributed by atoms with van der Waals surface area (Å²) in [5.74, 6) is 0.874. The first kappa shape index (κ1) is 10.6. The molecule has 3 nitrogen and oxygen atoms in total. The van der Waals surface area contributed by atoms with Gasteiger partial charge in [0.05, 0.1) is 10.6 Å². The lowest BCUT2D eigenvalue weighted by Gasteiger charge is -2.13. The molecule has 0 aliphatic carbocycles. The summed E-state index contributed by atoms with van der Waals surface area (Å²) in [4.78, 5) is 18.9. The Balaban J connectivity index is 2.23. The van der Waals surface area contributed by atoms with Crippen molar-refractivity contribution in [2.24, 2.45) is 5.92 Å². The van der Waals surface area contributed by atoms with Crippen molar-refractivity contribution in [1.29, 1.82) is 0 Å². The van der Waals surface area contributed by atoms with E-state index in [2.05, 4.69) is 16.8 Å². The fourth-order valence-electron chi connectivity index (χ4n) is 1.95. The standard InChI is InChI=1S/C11H16N2OS/c1-7-4-5-13(6-7)11-12-8(2)10(15-11)9(3)14/h7H,4-6H2,1-3H3. The van der Waals surface area contributed by atoms with Gasteiger partial charge in [-0.15, -0.1) is 0 Å². The highest BCUT2D eigenvalue weighted by atomic mass is 32.1. The monoisotopic (exact) mass is 224 g/mol. The number of aryl methyl sites for hydroxylation is 1. The van der Waals surface area contributed by atoms with Crippen molar-refractivity contribution in [2.75, 3.05) is 18.0 Å². The van der Waals surface area contributed by atoms with Crippen LogP contribution in [0.15, 0.2) is 0 Å². The van der Waals surface area contributed by atoms with Crippen molar-refractivity contribution < 1.29 is 4.79 Å². The van der Waals surface area contributed by atoms with E-state index < -0.39 is 0 Å². The second-order valence-electron chi connectivity index (χ2n) is 4.31. The highest BCUT2D eigenvalue weighted by Gasteiger charge is 2.23. The molecule has 1 atom stereocenters. The van der Waals surface area contributed by atoms with E-state index in [0.29, 0.717) is 0 Å². The van der Waals surface area contributed by atoms with E-state index in [-0.39, 0.29) is 5.78 Å². The van der Waals surface area contributed by atoms with Gasteiger partial charge in [0.2, 0.25) is 0 Å². The van der Waals surface area contributed by atoms with Crippen LogP contribution < -0.4 is 4.90 Å². The molecule has 0 aromatic carbocycles. The molecule has 1 aliphatic heterocycles. The molecule has 0 N–H and O–H groups in total. The number of hydrogen-bond donors (Lipinski definition) is 0. The number of aromatic nitrogens is 1. The van der Waals surface area contributed by atoms with Gasteiger partial charge in [-0.25, -0.2) is 4.98 Å². The summed E-state index contributed by atoms with van der Waals surface area (Å²) in [5, 5.41) is 1.02. The van der Waals surface area contributed by atoms with Crippen LogP contribution in [0.2, 0.25) is 0 Å². The smallest absolute Gasteiger partial charge is 0.186 e. The first-order valence-corrected chi connectivity index (χ1v) is 6.13. The van der Waals surface area contributed by atoms with Crippen molar-refractivity contribution in [3.05, 3.63) is 10.6 Å². The summed E-state index contributed by atoms with van der Waals surface area (Å²) in [7, 11) is 0. The molecule has 0 amide bonds. The minimum absolute atomic E-state index is 0.128. The Morgan fingerprint density at radius 2 is 2.33 bits per heavy atom. The van der Waals surface area contributed by atoms with E-state index >= 15 is 0 Å². The van der Waals surface area contributed by atoms with Crippen LogP contribution in [0, 0.1) is 12.8 Å². The average molecular weight is 224 g/mol. The first-order valence-electron chi connectivity index (χ1n) is 5.31. The highest BCUT2D eigenvalue weighted by molar-refractivity contribution is 7.17. The minimum Gasteiger partial charge on any atom is -0.348 e. The van der Waals surface area contributed by atoms with E-state index in [4.69, 9.17) is 0 Å². The van der Waals surface area contributed by atoms with Crippen LogP contribution in [0.4, 0.5) is 5.13 Å². The maximum atomic E-state index is 11.3. The summed E-state index contributed by atoms with van der Waals surface area (Å²) in [6.45, 7) is 7.93. The lowest BCUT2D eigenvalue weighted by Crippen LogP contribution is -2.18. The Morgan fingerprint density at radius 1 is 1.60 bits per heavy atom. The molecule has 0 radical (unpaired) electrons. The number of carbonyl (C=O) groups excluding carboxylic acids is 1. The number of anilines is 1. The first-order chi connectivity index (χ1) is 7.08. The molecule has 1 unspecified atom stereocenters.